The Kier molecular flexibility index (Phi) is 4.61. The second kappa shape index (κ2) is 7.00. The first-order valence-electron chi connectivity index (χ1n) is 7.65. The Morgan fingerprint density at radius 2 is 1.78 bits per heavy atom. The average Bonchev–Trinajstić information content (AvgIpc) is 2.88. The number of carbonyl (C=O) groups is 2. The lowest BCUT2D eigenvalue weighted by Crippen LogP contribution is -2.33. The third-order valence-corrected chi connectivity index (χ3v) is 3.71. The molecule has 23 heavy (non-hydrogen) atoms. The topological polar surface area (TPSA) is 75.2 Å². The summed E-state index contributed by atoms with van der Waals surface area (Å²) in [5, 5.41) is 3.14. The fraction of sp³-hybridized carbons (Fsp3) is 0.294. The van der Waals surface area contributed by atoms with Crippen molar-refractivity contribution < 1.29 is 9.59 Å². The van der Waals surface area contributed by atoms with Crippen LogP contribution in [-0.2, 0) is 16.0 Å². The molecule has 1 saturated heterocycles. The van der Waals surface area contributed by atoms with Crippen LogP contribution in [0.5, 0.6) is 0 Å². The highest BCUT2D eigenvalue weighted by molar-refractivity contribution is 6.01. The largest absolute Gasteiger partial charge is 0.368 e. The van der Waals surface area contributed by atoms with Crippen LogP contribution < -0.4 is 5.32 Å². The quantitative estimate of drug-likeness (QED) is 0.821. The summed E-state index contributed by atoms with van der Waals surface area (Å²) in [6.07, 6.45) is 3.03. The van der Waals surface area contributed by atoms with Crippen LogP contribution in [0.4, 0.5) is 5.82 Å². The van der Waals surface area contributed by atoms with Crippen LogP contribution in [-0.4, -0.2) is 39.8 Å². The molecule has 1 aliphatic rings. The fourth-order valence-electron chi connectivity index (χ4n) is 2.53. The van der Waals surface area contributed by atoms with Gasteiger partial charge in [0.1, 0.15) is 11.6 Å². The van der Waals surface area contributed by atoms with Crippen LogP contribution in [0, 0.1) is 0 Å². The van der Waals surface area contributed by atoms with Crippen molar-refractivity contribution in [2.45, 2.75) is 19.3 Å². The number of nitrogens with zero attached hydrogens (tertiary/aromatic N) is 3. The Labute approximate surface area is 134 Å². The maximum atomic E-state index is 11.5. The molecular weight excluding hydrogens is 292 g/mol. The van der Waals surface area contributed by atoms with Crippen molar-refractivity contribution in [3.8, 4) is 0 Å². The zero-order chi connectivity index (χ0) is 16.1. The van der Waals surface area contributed by atoms with Crippen LogP contribution >= 0.6 is 0 Å². The first-order chi connectivity index (χ1) is 11.2. The van der Waals surface area contributed by atoms with Gasteiger partial charge in [0.15, 0.2) is 0 Å². The van der Waals surface area contributed by atoms with Crippen LogP contribution in [0.15, 0.2) is 42.6 Å². The predicted molar refractivity (Wildman–Crippen MR) is 85.7 cm³/mol. The monoisotopic (exact) mass is 310 g/mol. The predicted octanol–water partition coefficient (Wildman–Crippen LogP) is 1.63. The van der Waals surface area contributed by atoms with Crippen LogP contribution in [0.25, 0.3) is 0 Å². The van der Waals surface area contributed by atoms with E-state index in [0.29, 0.717) is 38.2 Å². The van der Waals surface area contributed by atoms with Crippen molar-refractivity contribution in [3.05, 3.63) is 54.0 Å². The fourth-order valence-corrected chi connectivity index (χ4v) is 2.53. The number of anilines is 1. The molecule has 0 saturated carbocycles. The number of rotatable bonds is 6. The number of nitrogens with one attached hydrogen (secondary N) is 1. The summed E-state index contributed by atoms with van der Waals surface area (Å²) in [6.45, 7) is 0.856. The lowest BCUT2D eigenvalue weighted by molar-refractivity contribution is -0.138. The van der Waals surface area contributed by atoms with E-state index < -0.39 is 0 Å². The molecule has 0 radical (unpaired) electrons. The Balaban J connectivity index is 1.55. The Morgan fingerprint density at radius 3 is 2.52 bits per heavy atom. The highest BCUT2D eigenvalue weighted by atomic mass is 16.2. The van der Waals surface area contributed by atoms with E-state index in [1.165, 1.54) is 4.90 Å². The molecule has 3 rings (SSSR count). The molecule has 6 heteroatoms. The number of hydrogen-bond donors (Lipinski definition) is 1. The number of carbonyl (C=O) groups excluding carboxylic acids is 2. The lowest BCUT2D eigenvalue weighted by Gasteiger charge is -2.14. The summed E-state index contributed by atoms with van der Waals surface area (Å²) in [4.78, 5) is 33.1. The molecule has 0 atom stereocenters. The Bertz CT molecular complexity index is 687. The van der Waals surface area contributed by atoms with Gasteiger partial charge in [0.2, 0.25) is 11.8 Å². The van der Waals surface area contributed by atoms with Gasteiger partial charge in [-0.15, -0.1) is 0 Å². The molecule has 0 unspecified atom stereocenters. The van der Waals surface area contributed by atoms with Gasteiger partial charge in [-0.05, 0) is 11.6 Å². The van der Waals surface area contributed by atoms with Crippen molar-refractivity contribution in [3.63, 3.8) is 0 Å². The first kappa shape index (κ1) is 15.1. The molecule has 118 valence electrons. The standard InChI is InChI=1S/C17H18N4O2/c22-16-6-7-17(23)21(16)11-10-19-14-8-9-18-15(20-14)12-13-4-2-1-3-5-13/h1-5,8-9H,6-7,10-12H2,(H,18,19,20). The van der Waals surface area contributed by atoms with Gasteiger partial charge in [-0.1, -0.05) is 30.3 Å². The average molecular weight is 310 g/mol. The van der Waals surface area contributed by atoms with Crippen LogP contribution in [0.2, 0.25) is 0 Å². The highest BCUT2D eigenvalue weighted by Gasteiger charge is 2.27. The van der Waals surface area contributed by atoms with Gasteiger partial charge in [0, 0.05) is 38.5 Å². The SMILES string of the molecule is O=C1CCC(=O)N1CCNc1ccnc(Cc2ccccc2)n1. The van der Waals surface area contributed by atoms with Crippen LogP contribution in [0.1, 0.15) is 24.2 Å². The molecule has 1 aromatic carbocycles. The molecule has 2 amide bonds. The summed E-state index contributed by atoms with van der Waals surface area (Å²) in [5.74, 6) is 1.24. The molecule has 1 aliphatic heterocycles. The third-order valence-electron chi connectivity index (χ3n) is 3.71. The van der Waals surface area contributed by atoms with Crippen molar-refractivity contribution in [2.24, 2.45) is 0 Å². The molecule has 0 aliphatic carbocycles. The van der Waals surface area contributed by atoms with Crippen LogP contribution in [0.3, 0.4) is 0 Å². The summed E-state index contributed by atoms with van der Waals surface area (Å²) in [7, 11) is 0. The maximum Gasteiger partial charge on any atom is 0.229 e. The Hall–Kier alpha value is -2.76. The molecule has 6 nitrogen and oxygen atoms in total. The zero-order valence-corrected chi connectivity index (χ0v) is 12.7. The van der Waals surface area contributed by atoms with E-state index in [2.05, 4.69) is 15.3 Å². The van der Waals surface area contributed by atoms with E-state index in [1.807, 2.05) is 30.3 Å². The molecular formula is C17H18N4O2. The minimum atomic E-state index is -0.0933. The molecule has 1 N–H and O–H groups in total. The van der Waals surface area contributed by atoms with E-state index in [1.54, 1.807) is 12.3 Å². The van der Waals surface area contributed by atoms with Gasteiger partial charge >= 0.3 is 0 Å². The second-order valence-electron chi connectivity index (χ2n) is 5.39. The summed E-state index contributed by atoms with van der Waals surface area (Å²) >= 11 is 0. The highest BCUT2D eigenvalue weighted by Crippen LogP contribution is 2.11. The zero-order valence-electron chi connectivity index (χ0n) is 12.7. The second-order valence-corrected chi connectivity index (χ2v) is 5.39. The molecule has 0 spiro atoms. The van der Waals surface area contributed by atoms with Crippen molar-refractivity contribution in [1.82, 2.24) is 14.9 Å². The Morgan fingerprint density at radius 1 is 1.04 bits per heavy atom. The molecule has 0 bridgehead atoms. The van der Waals surface area contributed by atoms with E-state index in [4.69, 9.17) is 0 Å². The van der Waals surface area contributed by atoms with Gasteiger partial charge in [-0.25, -0.2) is 9.97 Å². The number of amides is 2. The minimum Gasteiger partial charge on any atom is -0.368 e. The molecule has 2 heterocycles. The summed E-state index contributed by atoms with van der Waals surface area (Å²) in [5.41, 5.74) is 1.15. The van der Waals surface area contributed by atoms with E-state index >= 15 is 0 Å². The van der Waals surface area contributed by atoms with Crippen molar-refractivity contribution in [1.29, 1.82) is 0 Å². The van der Waals surface area contributed by atoms with Gasteiger partial charge in [0.25, 0.3) is 0 Å². The number of likely N-dealkylation sites (tertiary alicyclic amines) is 1. The number of imide groups is 1. The van der Waals surface area contributed by atoms with E-state index in [9.17, 15) is 9.59 Å². The minimum absolute atomic E-state index is 0.0933. The number of hydrogen-bond acceptors (Lipinski definition) is 5. The molecule has 1 aromatic heterocycles. The van der Waals surface area contributed by atoms with Crippen molar-refractivity contribution >= 4 is 17.6 Å². The lowest BCUT2D eigenvalue weighted by atomic mass is 10.1. The summed E-state index contributed by atoms with van der Waals surface area (Å²) in [6, 6.07) is 11.8. The molecule has 1 fully saturated rings. The number of aromatic nitrogens is 2. The smallest absolute Gasteiger partial charge is 0.229 e. The maximum absolute atomic E-state index is 11.5. The normalized spacial score (nSPS) is 14.3. The first-order valence-corrected chi connectivity index (χ1v) is 7.65. The van der Waals surface area contributed by atoms with Gasteiger partial charge in [-0.3, -0.25) is 14.5 Å². The van der Waals surface area contributed by atoms with Gasteiger partial charge in [0.05, 0.1) is 0 Å². The molecule has 2 aromatic rings. The number of benzene rings is 1. The van der Waals surface area contributed by atoms with E-state index in [-0.39, 0.29) is 11.8 Å². The van der Waals surface area contributed by atoms with E-state index in [0.717, 1.165) is 11.4 Å². The van der Waals surface area contributed by atoms with Gasteiger partial charge in [-0.2, -0.15) is 0 Å². The van der Waals surface area contributed by atoms with Gasteiger partial charge < -0.3 is 5.32 Å². The third kappa shape index (κ3) is 3.91. The van der Waals surface area contributed by atoms with Crippen molar-refractivity contribution in [2.75, 3.05) is 18.4 Å². The summed E-state index contributed by atoms with van der Waals surface area (Å²) < 4.78 is 0.